The Balaban J connectivity index is 1.57. The molecule has 0 bridgehead atoms. The number of hydrogen-bond acceptors (Lipinski definition) is 7. The summed E-state index contributed by atoms with van der Waals surface area (Å²) in [4.78, 5) is 14.8. The molecular formula is C24H30N6O3. The van der Waals surface area contributed by atoms with E-state index in [9.17, 15) is 4.79 Å². The van der Waals surface area contributed by atoms with Crippen molar-refractivity contribution < 1.29 is 14.3 Å². The van der Waals surface area contributed by atoms with Crippen LogP contribution in [0.4, 0.5) is 11.5 Å². The topological polar surface area (TPSA) is 118 Å². The maximum Gasteiger partial charge on any atom is 0.253 e. The van der Waals surface area contributed by atoms with Gasteiger partial charge in [0, 0.05) is 46.1 Å². The molecule has 2 fully saturated rings. The average Bonchev–Trinajstić information content (AvgIpc) is 3.25. The maximum absolute atomic E-state index is 12.6. The fourth-order valence-corrected chi connectivity index (χ4v) is 4.58. The Morgan fingerprint density at radius 3 is 2.73 bits per heavy atom. The highest BCUT2D eigenvalue weighted by Gasteiger charge is 2.22. The highest BCUT2D eigenvalue weighted by Crippen LogP contribution is 2.37. The number of carbonyl (C=O) groups excluding carboxylic acids is 1. The second-order valence-corrected chi connectivity index (χ2v) is 8.48. The molecule has 0 aliphatic carbocycles. The SMILES string of the molecule is CNC(=O)c1ccc(-c2cc(OC3CCOCC3)c3c(N)n[nH]c3c2)cc1N1CCNCC1. The monoisotopic (exact) mass is 450 g/mol. The number of H-pyrrole nitrogens is 1. The molecule has 5 rings (SSSR count). The van der Waals surface area contributed by atoms with Gasteiger partial charge in [0.25, 0.3) is 5.91 Å². The van der Waals surface area contributed by atoms with Crippen LogP contribution in [-0.2, 0) is 4.74 Å². The minimum absolute atomic E-state index is 0.0820. The molecule has 9 heteroatoms. The van der Waals surface area contributed by atoms with Crippen molar-refractivity contribution in [2.24, 2.45) is 0 Å². The summed E-state index contributed by atoms with van der Waals surface area (Å²) in [6.45, 7) is 4.87. The van der Waals surface area contributed by atoms with E-state index < -0.39 is 0 Å². The largest absolute Gasteiger partial charge is 0.489 e. The third kappa shape index (κ3) is 4.34. The van der Waals surface area contributed by atoms with Crippen LogP contribution >= 0.6 is 0 Å². The first-order chi connectivity index (χ1) is 16.1. The Hall–Kier alpha value is -3.30. The fourth-order valence-electron chi connectivity index (χ4n) is 4.58. The minimum atomic E-state index is -0.0876. The number of hydrogen-bond donors (Lipinski definition) is 4. The highest BCUT2D eigenvalue weighted by molar-refractivity contribution is 6.01. The third-order valence-corrected chi connectivity index (χ3v) is 6.38. The van der Waals surface area contributed by atoms with E-state index in [1.165, 1.54) is 0 Å². The molecule has 5 N–H and O–H groups in total. The van der Waals surface area contributed by atoms with E-state index >= 15 is 0 Å². The highest BCUT2D eigenvalue weighted by atomic mass is 16.5. The number of benzene rings is 2. The number of aromatic amines is 1. The van der Waals surface area contributed by atoms with Crippen molar-refractivity contribution in [2.45, 2.75) is 18.9 Å². The Labute approximate surface area is 192 Å². The van der Waals surface area contributed by atoms with Crippen LogP contribution < -0.4 is 26.0 Å². The number of nitrogen functional groups attached to an aromatic ring is 1. The number of amides is 1. The lowest BCUT2D eigenvalue weighted by atomic mass is 9.99. The first kappa shape index (κ1) is 21.5. The van der Waals surface area contributed by atoms with E-state index in [0.717, 1.165) is 72.5 Å². The first-order valence-corrected chi connectivity index (χ1v) is 11.5. The van der Waals surface area contributed by atoms with Crippen molar-refractivity contribution >= 4 is 28.3 Å². The van der Waals surface area contributed by atoms with Gasteiger partial charge in [-0.05, 0) is 35.4 Å². The summed E-state index contributed by atoms with van der Waals surface area (Å²) in [5, 5.41) is 14.2. The van der Waals surface area contributed by atoms with Crippen molar-refractivity contribution in [2.75, 3.05) is 57.1 Å². The number of nitrogens with one attached hydrogen (secondary N) is 3. The Morgan fingerprint density at radius 2 is 1.97 bits per heavy atom. The third-order valence-electron chi connectivity index (χ3n) is 6.38. The van der Waals surface area contributed by atoms with Gasteiger partial charge in [0.05, 0.1) is 35.4 Å². The van der Waals surface area contributed by atoms with Crippen LogP contribution in [0.2, 0.25) is 0 Å². The van der Waals surface area contributed by atoms with Crippen molar-refractivity contribution in [3.05, 3.63) is 35.9 Å². The smallest absolute Gasteiger partial charge is 0.253 e. The van der Waals surface area contributed by atoms with Gasteiger partial charge in [-0.15, -0.1) is 0 Å². The zero-order chi connectivity index (χ0) is 22.8. The second-order valence-electron chi connectivity index (χ2n) is 8.48. The normalized spacial score (nSPS) is 17.3. The lowest BCUT2D eigenvalue weighted by molar-refractivity contribution is 0.0262. The first-order valence-electron chi connectivity index (χ1n) is 11.5. The zero-order valence-corrected chi connectivity index (χ0v) is 18.8. The summed E-state index contributed by atoms with van der Waals surface area (Å²) in [6.07, 6.45) is 1.77. The van der Waals surface area contributed by atoms with Crippen LogP contribution in [0.5, 0.6) is 5.75 Å². The standard InChI is InChI=1S/C24H30N6O3/c1-26-24(31)18-3-2-15(13-20(18)30-8-6-27-7-9-30)16-12-19-22(23(25)29-28-19)21(14-16)33-17-4-10-32-11-5-17/h2-3,12-14,17,27H,4-11H2,1H3,(H,26,31)(H3,25,28,29). The van der Waals surface area contributed by atoms with E-state index in [2.05, 4.69) is 31.8 Å². The van der Waals surface area contributed by atoms with Gasteiger partial charge in [-0.1, -0.05) is 6.07 Å². The van der Waals surface area contributed by atoms with Gasteiger partial charge in [0.15, 0.2) is 5.82 Å². The van der Waals surface area contributed by atoms with Gasteiger partial charge in [0.2, 0.25) is 0 Å². The molecule has 0 radical (unpaired) electrons. The predicted octanol–water partition coefficient (Wildman–Crippen LogP) is 2.14. The Bertz CT molecular complexity index is 1150. The van der Waals surface area contributed by atoms with Crippen LogP contribution in [0.3, 0.4) is 0 Å². The quantitative estimate of drug-likeness (QED) is 0.470. The second kappa shape index (κ2) is 9.29. The number of nitrogens with zero attached hydrogens (tertiary/aromatic N) is 2. The Morgan fingerprint density at radius 1 is 1.18 bits per heavy atom. The molecule has 0 unspecified atom stereocenters. The van der Waals surface area contributed by atoms with E-state index in [1.807, 2.05) is 24.3 Å². The molecule has 174 valence electrons. The molecule has 3 heterocycles. The molecule has 0 spiro atoms. The molecule has 0 atom stereocenters. The van der Waals surface area contributed by atoms with Gasteiger partial charge in [-0.3, -0.25) is 9.89 Å². The van der Waals surface area contributed by atoms with E-state index in [-0.39, 0.29) is 12.0 Å². The molecule has 2 aromatic carbocycles. The summed E-state index contributed by atoms with van der Waals surface area (Å²) in [5.74, 6) is 1.06. The molecule has 0 saturated carbocycles. The number of carbonyl (C=O) groups is 1. The maximum atomic E-state index is 12.6. The molecule has 9 nitrogen and oxygen atoms in total. The summed E-state index contributed by atoms with van der Waals surface area (Å²) >= 11 is 0. The molecule has 33 heavy (non-hydrogen) atoms. The number of anilines is 2. The molecule has 1 amide bonds. The number of fused-ring (bicyclic) bond motifs is 1. The average molecular weight is 451 g/mol. The van der Waals surface area contributed by atoms with Crippen molar-refractivity contribution in [1.82, 2.24) is 20.8 Å². The van der Waals surface area contributed by atoms with Crippen LogP contribution in [0.1, 0.15) is 23.2 Å². The van der Waals surface area contributed by atoms with Crippen molar-refractivity contribution in [1.29, 1.82) is 0 Å². The summed E-state index contributed by atoms with van der Waals surface area (Å²) < 4.78 is 11.9. The predicted molar refractivity (Wildman–Crippen MR) is 129 cm³/mol. The van der Waals surface area contributed by atoms with Crippen LogP contribution in [0.25, 0.3) is 22.0 Å². The molecule has 3 aromatic rings. The fraction of sp³-hybridized carbons (Fsp3) is 0.417. The lowest BCUT2D eigenvalue weighted by Crippen LogP contribution is -2.44. The molecular weight excluding hydrogens is 420 g/mol. The van der Waals surface area contributed by atoms with Crippen LogP contribution in [0, 0.1) is 0 Å². The molecule has 2 aliphatic heterocycles. The molecule has 1 aromatic heterocycles. The van der Waals surface area contributed by atoms with Crippen molar-refractivity contribution in [3.8, 4) is 16.9 Å². The summed E-state index contributed by atoms with van der Waals surface area (Å²) in [5.41, 5.74) is 10.6. The Kier molecular flexibility index (Phi) is 6.06. The number of nitrogens with two attached hydrogens (primary N) is 1. The lowest BCUT2D eigenvalue weighted by Gasteiger charge is -2.31. The number of rotatable bonds is 5. The summed E-state index contributed by atoms with van der Waals surface area (Å²) in [7, 11) is 1.66. The van der Waals surface area contributed by atoms with Gasteiger partial charge in [-0.2, -0.15) is 5.10 Å². The number of ether oxygens (including phenoxy) is 2. The van der Waals surface area contributed by atoms with Gasteiger partial charge in [0.1, 0.15) is 11.9 Å². The zero-order valence-electron chi connectivity index (χ0n) is 18.8. The van der Waals surface area contributed by atoms with E-state index in [1.54, 1.807) is 7.05 Å². The molecule has 2 aliphatic rings. The van der Waals surface area contributed by atoms with E-state index in [0.29, 0.717) is 24.6 Å². The van der Waals surface area contributed by atoms with Gasteiger partial charge in [-0.25, -0.2) is 0 Å². The van der Waals surface area contributed by atoms with Crippen molar-refractivity contribution in [3.63, 3.8) is 0 Å². The molecule has 2 saturated heterocycles. The number of piperazine rings is 1. The minimum Gasteiger partial charge on any atom is -0.489 e. The van der Waals surface area contributed by atoms with Gasteiger partial charge >= 0.3 is 0 Å². The van der Waals surface area contributed by atoms with Crippen LogP contribution in [-0.4, -0.2) is 68.6 Å². The summed E-state index contributed by atoms with van der Waals surface area (Å²) in [6, 6.07) is 10.0. The van der Waals surface area contributed by atoms with E-state index in [4.69, 9.17) is 15.2 Å². The number of aromatic nitrogens is 2. The van der Waals surface area contributed by atoms with Crippen LogP contribution in [0.15, 0.2) is 30.3 Å². The van der Waals surface area contributed by atoms with Gasteiger partial charge < -0.3 is 30.7 Å².